The molecule has 194 valence electrons. The van der Waals surface area contributed by atoms with Gasteiger partial charge in [-0.15, -0.1) is 0 Å². The molecule has 9 nitrogen and oxygen atoms in total. The number of aliphatic hydroxyl groups excluding tert-OH is 1. The molecular weight excluding hydrogens is 446 g/mol. The zero-order valence-electron chi connectivity index (χ0n) is 21.4. The molecule has 1 fully saturated rings. The highest BCUT2D eigenvalue weighted by Gasteiger charge is 2.26. The van der Waals surface area contributed by atoms with E-state index in [-0.39, 0.29) is 36.5 Å². The van der Waals surface area contributed by atoms with Crippen LogP contribution in [0.3, 0.4) is 0 Å². The number of carbonyl (C=O) groups excluding carboxylic acids is 2. The van der Waals surface area contributed by atoms with Crippen molar-refractivity contribution >= 4 is 23.5 Å². The van der Waals surface area contributed by atoms with Crippen LogP contribution >= 0.6 is 0 Å². The number of benzene rings is 1. The van der Waals surface area contributed by atoms with E-state index in [1.54, 1.807) is 4.90 Å². The summed E-state index contributed by atoms with van der Waals surface area (Å²) in [6, 6.07) is 5.87. The number of guanidine groups is 1. The van der Waals surface area contributed by atoms with Gasteiger partial charge in [-0.1, -0.05) is 25.3 Å². The van der Waals surface area contributed by atoms with E-state index in [4.69, 9.17) is 10.5 Å². The molecule has 0 radical (unpaired) electrons. The number of carbonyl (C=O) groups is 2. The summed E-state index contributed by atoms with van der Waals surface area (Å²) >= 11 is 0. The average Bonchev–Trinajstić information content (AvgIpc) is 2.80. The minimum absolute atomic E-state index is 0.0111. The number of ether oxygens (including phenoxy) is 1. The lowest BCUT2D eigenvalue weighted by Crippen LogP contribution is -2.49. The molecule has 1 aromatic carbocycles. The molecule has 0 atom stereocenters. The smallest absolute Gasteiger partial charge is 0.240 e. The fourth-order valence-corrected chi connectivity index (χ4v) is 4.75. The summed E-state index contributed by atoms with van der Waals surface area (Å²) in [6.45, 7) is 7.11. The third kappa shape index (κ3) is 7.85. The first-order valence-corrected chi connectivity index (χ1v) is 12.7. The third-order valence-electron chi connectivity index (χ3n) is 6.33. The molecule has 0 spiro atoms. The van der Waals surface area contributed by atoms with Crippen molar-refractivity contribution in [2.45, 2.75) is 83.8 Å². The van der Waals surface area contributed by atoms with Crippen LogP contribution in [0, 0.1) is 0 Å². The van der Waals surface area contributed by atoms with Crippen LogP contribution in [0.15, 0.2) is 23.2 Å². The molecule has 1 aliphatic heterocycles. The Morgan fingerprint density at radius 3 is 2.69 bits per heavy atom. The second kappa shape index (κ2) is 12.2. The number of fused-ring (bicyclic) bond motifs is 1. The van der Waals surface area contributed by atoms with Crippen LogP contribution in [0.1, 0.15) is 71.3 Å². The predicted octanol–water partition coefficient (Wildman–Crippen LogP) is 2.68. The predicted molar refractivity (Wildman–Crippen MR) is 136 cm³/mol. The van der Waals surface area contributed by atoms with Gasteiger partial charge in [-0.25, -0.2) is 4.99 Å². The van der Waals surface area contributed by atoms with E-state index < -0.39 is 0 Å². The van der Waals surface area contributed by atoms with Gasteiger partial charge >= 0.3 is 0 Å². The maximum Gasteiger partial charge on any atom is 0.240 e. The van der Waals surface area contributed by atoms with Crippen LogP contribution in [-0.2, 0) is 16.1 Å². The van der Waals surface area contributed by atoms with Crippen molar-refractivity contribution in [3.8, 4) is 5.75 Å². The molecule has 1 saturated carbocycles. The number of rotatable bonds is 10. The number of nitrogens with zero attached hydrogens (tertiary/aromatic N) is 3. The Morgan fingerprint density at radius 1 is 1.26 bits per heavy atom. The van der Waals surface area contributed by atoms with Crippen molar-refractivity contribution in [1.82, 2.24) is 15.1 Å². The van der Waals surface area contributed by atoms with Gasteiger partial charge in [-0.3, -0.25) is 9.59 Å². The van der Waals surface area contributed by atoms with Gasteiger partial charge in [0.1, 0.15) is 12.3 Å². The van der Waals surface area contributed by atoms with Gasteiger partial charge in [0.25, 0.3) is 0 Å². The maximum absolute atomic E-state index is 12.8. The summed E-state index contributed by atoms with van der Waals surface area (Å²) in [4.78, 5) is 33.3. The number of hydrogen-bond donors (Lipinski definition) is 3. The van der Waals surface area contributed by atoms with Gasteiger partial charge in [-0.2, -0.15) is 0 Å². The average molecular weight is 488 g/mol. The van der Waals surface area contributed by atoms with Crippen molar-refractivity contribution in [2.75, 3.05) is 26.3 Å². The van der Waals surface area contributed by atoms with Crippen LogP contribution in [0.2, 0.25) is 0 Å². The summed E-state index contributed by atoms with van der Waals surface area (Å²) in [5.41, 5.74) is 7.40. The molecule has 0 saturated heterocycles. The zero-order chi connectivity index (χ0) is 25.4. The first-order chi connectivity index (χ1) is 16.7. The fourth-order valence-electron chi connectivity index (χ4n) is 4.75. The number of amides is 2. The topological polar surface area (TPSA) is 120 Å². The monoisotopic (exact) mass is 487 g/mol. The molecule has 3 rings (SSSR count). The number of nitrogens with two attached hydrogens (primary N) is 1. The normalized spacial score (nSPS) is 16.3. The van der Waals surface area contributed by atoms with E-state index >= 15 is 0 Å². The number of aliphatic imine (C=N–C) groups is 1. The van der Waals surface area contributed by atoms with Gasteiger partial charge in [0.2, 0.25) is 11.8 Å². The van der Waals surface area contributed by atoms with E-state index in [9.17, 15) is 14.7 Å². The van der Waals surface area contributed by atoms with Gasteiger partial charge < -0.3 is 30.7 Å². The van der Waals surface area contributed by atoms with Gasteiger partial charge in [-0.05, 0) is 52.2 Å². The van der Waals surface area contributed by atoms with E-state index in [2.05, 4.69) is 10.3 Å². The van der Waals surface area contributed by atoms with Crippen molar-refractivity contribution in [3.05, 3.63) is 23.8 Å². The van der Waals surface area contributed by atoms with Crippen LogP contribution in [0.25, 0.3) is 0 Å². The molecule has 0 aromatic heterocycles. The second-order valence-corrected chi connectivity index (χ2v) is 10.4. The third-order valence-corrected chi connectivity index (χ3v) is 6.33. The van der Waals surface area contributed by atoms with Crippen LogP contribution < -0.4 is 15.8 Å². The highest BCUT2D eigenvalue weighted by molar-refractivity contribution is 5.89. The molecule has 0 bridgehead atoms. The Morgan fingerprint density at radius 2 is 2.00 bits per heavy atom. The van der Waals surface area contributed by atoms with E-state index in [0.717, 1.165) is 36.9 Å². The molecule has 2 aliphatic rings. The molecule has 1 aliphatic carbocycles. The minimum Gasteiger partial charge on any atom is -0.493 e. The SMILES string of the molecule is CC(C)(C)NC(=O)CN1Cc2c(cccc2OCCCC(=O)N(CCO)C2CCCCC2)N=C1N. The Kier molecular flexibility index (Phi) is 9.37. The van der Waals surface area contributed by atoms with Crippen LogP contribution in [0.5, 0.6) is 5.75 Å². The van der Waals surface area contributed by atoms with Crippen LogP contribution in [-0.4, -0.2) is 70.6 Å². The molecule has 2 amide bonds. The van der Waals surface area contributed by atoms with Gasteiger partial charge in [0.05, 0.1) is 25.4 Å². The fraction of sp³-hybridized carbons (Fsp3) is 0.654. The first kappa shape index (κ1) is 26.8. The lowest BCUT2D eigenvalue weighted by molar-refractivity contribution is -0.135. The highest BCUT2D eigenvalue weighted by Crippen LogP contribution is 2.33. The number of aliphatic hydroxyl groups is 1. The summed E-state index contributed by atoms with van der Waals surface area (Å²) in [5, 5.41) is 12.4. The summed E-state index contributed by atoms with van der Waals surface area (Å²) < 4.78 is 6.05. The second-order valence-electron chi connectivity index (χ2n) is 10.4. The largest absolute Gasteiger partial charge is 0.493 e. The van der Waals surface area contributed by atoms with Crippen molar-refractivity contribution in [1.29, 1.82) is 0 Å². The Labute approximate surface area is 208 Å². The van der Waals surface area contributed by atoms with E-state index in [0.29, 0.717) is 44.2 Å². The van der Waals surface area contributed by atoms with E-state index in [1.807, 2.05) is 43.9 Å². The van der Waals surface area contributed by atoms with Crippen molar-refractivity contribution in [2.24, 2.45) is 10.7 Å². The van der Waals surface area contributed by atoms with E-state index in [1.165, 1.54) is 6.42 Å². The Bertz CT molecular complexity index is 905. The maximum atomic E-state index is 12.8. The van der Waals surface area contributed by atoms with Gasteiger partial charge in [0, 0.05) is 30.1 Å². The van der Waals surface area contributed by atoms with Gasteiger partial charge in [0.15, 0.2) is 5.96 Å². The molecule has 35 heavy (non-hydrogen) atoms. The Hall–Kier alpha value is -2.81. The van der Waals surface area contributed by atoms with Crippen LogP contribution in [0.4, 0.5) is 5.69 Å². The molecule has 1 aromatic rings. The molecular formula is C26H41N5O4. The minimum atomic E-state index is -0.327. The standard InChI is InChI=1S/C26H41N5O4/c1-26(2,3)29-23(33)18-30-17-20-21(28-25(30)27)11-7-12-22(20)35-16-8-13-24(34)31(14-15-32)19-9-5-4-6-10-19/h7,11-12,19,32H,4-6,8-10,13-18H2,1-3H3,(H2,27,28)(H,29,33). The molecule has 1 heterocycles. The quantitative estimate of drug-likeness (QED) is 0.437. The summed E-state index contributed by atoms with van der Waals surface area (Å²) in [7, 11) is 0. The lowest BCUT2D eigenvalue weighted by Gasteiger charge is -2.34. The Balaban J connectivity index is 1.55. The molecule has 0 unspecified atom stereocenters. The summed E-state index contributed by atoms with van der Waals surface area (Å²) in [5.74, 6) is 0.947. The highest BCUT2D eigenvalue weighted by atomic mass is 16.5. The first-order valence-electron chi connectivity index (χ1n) is 12.7. The van der Waals surface area contributed by atoms with Crippen molar-refractivity contribution < 1.29 is 19.4 Å². The number of hydrogen-bond acceptors (Lipinski definition) is 7. The molecule has 4 N–H and O–H groups in total. The molecule has 9 heteroatoms. The van der Waals surface area contributed by atoms with Crippen molar-refractivity contribution in [3.63, 3.8) is 0 Å². The zero-order valence-corrected chi connectivity index (χ0v) is 21.4. The number of nitrogens with one attached hydrogen (secondary N) is 1. The summed E-state index contributed by atoms with van der Waals surface area (Å²) in [6.07, 6.45) is 6.52. The lowest BCUT2D eigenvalue weighted by atomic mass is 9.94.